The molecule has 0 aliphatic carbocycles. The molecule has 16 heavy (non-hydrogen) atoms. The van der Waals surface area contributed by atoms with E-state index in [0.717, 1.165) is 12.1 Å². The molecule has 1 atom stereocenters. The number of hydrogen-bond acceptors (Lipinski definition) is 3. The van der Waals surface area contributed by atoms with Crippen LogP contribution in [0.25, 0.3) is 0 Å². The standard InChI is InChI=1S/C10H13F2NO2S/c1-16(15)3-2-13-6-7-4-8(11)10(14)9(12)5-7/h4-5,13-14H,2-3,6H2,1H3. The molecular weight excluding hydrogens is 236 g/mol. The normalized spacial score (nSPS) is 12.7. The van der Waals surface area contributed by atoms with E-state index in [9.17, 15) is 13.0 Å². The highest BCUT2D eigenvalue weighted by molar-refractivity contribution is 7.84. The molecule has 0 aliphatic heterocycles. The molecule has 1 unspecified atom stereocenters. The predicted octanol–water partition coefficient (Wildman–Crippen LogP) is 1.14. The molecule has 0 fully saturated rings. The molecule has 2 N–H and O–H groups in total. The number of benzene rings is 1. The Morgan fingerprint density at radius 1 is 1.38 bits per heavy atom. The van der Waals surface area contributed by atoms with Crippen molar-refractivity contribution >= 4 is 10.8 Å². The zero-order valence-corrected chi connectivity index (χ0v) is 9.61. The highest BCUT2D eigenvalue weighted by Crippen LogP contribution is 2.21. The summed E-state index contributed by atoms with van der Waals surface area (Å²) in [6, 6.07) is 2.13. The first-order valence-electron chi connectivity index (χ1n) is 4.68. The van der Waals surface area contributed by atoms with Crippen molar-refractivity contribution in [2.75, 3.05) is 18.6 Å². The number of halogens is 2. The second-order valence-corrected chi connectivity index (χ2v) is 4.92. The summed E-state index contributed by atoms with van der Waals surface area (Å²) in [4.78, 5) is 0. The molecule has 1 aromatic rings. The SMILES string of the molecule is CS(=O)CCNCc1cc(F)c(O)c(F)c1. The number of aromatic hydroxyl groups is 1. The summed E-state index contributed by atoms with van der Waals surface area (Å²) >= 11 is 0. The Kier molecular flexibility index (Phi) is 4.82. The second-order valence-electron chi connectivity index (χ2n) is 3.36. The van der Waals surface area contributed by atoms with Gasteiger partial charge in [-0.15, -0.1) is 0 Å². The van der Waals surface area contributed by atoms with Gasteiger partial charge in [0.1, 0.15) is 0 Å². The van der Waals surface area contributed by atoms with Crippen molar-refractivity contribution in [2.24, 2.45) is 0 Å². The van der Waals surface area contributed by atoms with Gasteiger partial charge >= 0.3 is 0 Å². The lowest BCUT2D eigenvalue weighted by Gasteiger charge is -2.05. The Bertz CT molecular complexity index is 375. The summed E-state index contributed by atoms with van der Waals surface area (Å²) < 4.78 is 36.5. The largest absolute Gasteiger partial charge is 0.503 e. The van der Waals surface area contributed by atoms with Crippen LogP contribution < -0.4 is 5.32 Å². The van der Waals surface area contributed by atoms with E-state index in [2.05, 4.69) is 5.32 Å². The molecule has 0 heterocycles. The molecule has 0 spiro atoms. The van der Waals surface area contributed by atoms with Crippen molar-refractivity contribution in [3.8, 4) is 5.75 Å². The lowest BCUT2D eigenvalue weighted by atomic mass is 10.2. The first-order chi connectivity index (χ1) is 7.50. The van der Waals surface area contributed by atoms with E-state index >= 15 is 0 Å². The highest BCUT2D eigenvalue weighted by atomic mass is 32.2. The maximum Gasteiger partial charge on any atom is 0.187 e. The summed E-state index contributed by atoms with van der Waals surface area (Å²) in [5, 5.41) is 11.8. The van der Waals surface area contributed by atoms with Crippen molar-refractivity contribution in [1.82, 2.24) is 5.32 Å². The van der Waals surface area contributed by atoms with Crippen LogP contribution in [0.2, 0.25) is 0 Å². The lowest BCUT2D eigenvalue weighted by Crippen LogP contribution is -2.19. The molecule has 3 nitrogen and oxygen atoms in total. The van der Waals surface area contributed by atoms with Crippen molar-refractivity contribution in [3.05, 3.63) is 29.3 Å². The minimum atomic E-state index is -0.976. The molecule has 0 aliphatic rings. The second kappa shape index (κ2) is 5.91. The Hall–Kier alpha value is -1.01. The van der Waals surface area contributed by atoms with Crippen LogP contribution in [0.5, 0.6) is 5.75 Å². The van der Waals surface area contributed by atoms with E-state index < -0.39 is 28.2 Å². The van der Waals surface area contributed by atoms with Crippen molar-refractivity contribution in [1.29, 1.82) is 0 Å². The number of phenols is 1. The minimum Gasteiger partial charge on any atom is -0.503 e. The minimum absolute atomic E-state index is 0.269. The molecule has 0 saturated carbocycles. The molecule has 1 rings (SSSR count). The van der Waals surface area contributed by atoms with E-state index in [1.807, 2.05) is 0 Å². The van der Waals surface area contributed by atoms with Gasteiger partial charge in [-0.3, -0.25) is 4.21 Å². The third kappa shape index (κ3) is 3.86. The van der Waals surface area contributed by atoms with Crippen LogP contribution in [0.4, 0.5) is 8.78 Å². The number of phenolic OH excluding ortho intramolecular Hbond substituents is 1. The van der Waals surface area contributed by atoms with E-state index in [1.165, 1.54) is 0 Å². The molecule has 1 aromatic carbocycles. The quantitative estimate of drug-likeness (QED) is 0.769. The Labute approximate surface area is 94.9 Å². The van der Waals surface area contributed by atoms with Gasteiger partial charge in [0, 0.05) is 35.9 Å². The molecule has 0 saturated heterocycles. The maximum atomic E-state index is 12.9. The van der Waals surface area contributed by atoms with Gasteiger partial charge in [0.25, 0.3) is 0 Å². The summed E-state index contributed by atoms with van der Waals surface area (Å²) in [5.41, 5.74) is 0.398. The van der Waals surface area contributed by atoms with Crippen molar-refractivity contribution in [2.45, 2.75) is 6.54 Å². The fourth-order valence-electron chi connectivity index (χ4n) is 1.17. The first-order valence-corrected chi connectivity index (χ1v) is 6.41. The molecular formula is C10H13F2NO2S. The number of rotatable bonds is 5. The van der Waals surface area contributed by atoms with Gasteiger partial charge in [0.15, 0.2) is 17.4 Å². The van der Waals surface area contributed by atoms with Crippen LogP contribution >= 0.6 is 0 Å². The molecule has 0 aromatic heterocycles. The van der Waals surface area contributed by atoms with Gasteiger partial charge in [0.2, 0.25) is 0 Å². The third-order valence-electron chi connectivity index (χ3n) is 1.97. The van der Waals surface area contributed by atoms with Gasteiger partial charge in [-0.05, 0) is 17.7 Å². The van der Waals surface area contributed by atoms with Gasteiger partial charge < -0.3 is 10.4 Å². The summed E-state index contributed by atoms with van der Waals surface area (Å²) in [7, 11) is -0.887. The zero-order valence-electron chi connectivity index (χ0n) is 8.80. The Morgan fingerprint density at radius 3 is 2.44 bits per heavy atom. The van der Waals surface area contributed by atoms with E-state index in [1.54, 1.807) is 6.26 Å². The fraction of sp³-hybridized carbons (Fsp3) is 0.400. The summed E-state index contributed by atoms with van der Waals surface area (Å²) in [6.45, 7) is 0.776. The Morgan fingerprint density at radius 2 is 1.94 bits per heavy atom. The maximum absolute atomic E-state index is 12.9. The smallest absolute Gasteiger partial charge is 0.187 e. The van der Waals surface area contributed by atoms with Crippen LogP contribution in [-0.4, -0.2) is 27.9 Å². The van der Waals surface area contributed by atoms with Crippen LogP contribution in [0.3, 0.4) is 0 Å². The van der Waals surface area contributed by atoms with Crippen molar-refractivity contribution < 1.29 is 18.1 Å². The average Bonchev–Trinajstić information content (AvgIpc) is 2.20. The predicted molar refractivity (Wildman–Crippen MR) is 58.7 cm³/mol. The molecule has 0 amide bonds. The van der Waals surface area contributed by atoms with Crippen LogP contribution in [0.1, 0.15) is 5.56 Å². The molecule has 6 heteroatoms. The van der Waals surface area contributed by atoms with Crippen LogP contribution in [0, 0.1) is 11.6 Å². The number of hydrogen-bond donors (Lipinski definition) is 2. The van der Waals surface area contributed by atoms with Crippen LogP contribution in [0.15, 0.2) is 12.1 Å². The van der Waals surface area contributed by atoms with E-state index in [0.29, 0.717) is 17.9 Å². The molecule has 90 valence electrons. The number of nitrogens with one attached hydrogen (secondary N) is 1. The highest BCUT2D eigenvalue weighted by Gasteiger charge is 2.08. The molecule has 0 bridgehead atoms. The topological polar surface area (TPSA) is 49.3 Å². The van der Waals surface area contributed by atoms with E-state index in [-0.39, 0.29) is 6.54 Å². The van der Waals surface area contributed by atoms with E-state index in [4.69, 9.17) is 5.11 Å². The van der Waals surface area contributed by atoms with Gasteiger partial charge in [-0.1, -0.05) is 0 Å². The van der Waals surface area contributed by atoms with Gasteiger partial charge in [-0.2, -0.15) is 0 Å². The molecule has 0 radical (unpaired) electrons. The fourth-order valence-corrected chi connectivity index (χ4v) is 1.60. The van der Waals surface area contributed by atoms with Gasteiger partial charge in [0.05, 0.1) is 0 Å². The summed E-state index contributed by atoms with van der Waals surface area (Å²) in [5.74, 6) is -2.42. The first kappa shape index (κ1) is 13.1. The van der Waals surface area contributed by atoms with Crippen molar-refractivity contribution in [3.63, 3.8) is 0 Å². The zero-order chi connectivity index (χ0) is 12.1. The lowest BCUT2D eigenvalue weighted by molar-refractivity contribution is 0.395. The van der Waals surface area contributed by atoms with Gasteiger partial charge in [-0.25, -0.2) is 8.78 Å². The summed E-state index contributed by atoms with van der Waals surface area (Å²) in [6.07, 6.45) is 1.58. The third-order valence-corrected chi connectivity index (χ3v) is 2.75. The van der Waals surface area contributed by atoms with Crippen LogP contribution in [-0.2, 0) is 17.3 Å². The Balaban J connectivity index is 2.52. The monoisotopic (exact) mass is 249 g/mol. The average molecular weight is 249 g/mol.